The summed E-state index contributed by atoms with van der Waals surface area (Å²) in [4.78, 5) is 13.3. The number of hydrogen-bond donors (Lipinski definition) is 1. The molecule has 0 aliphatic carbocycles. The summed E-state index contributed by atoms with van der Waals surface area (Å²) < 4.78 is 0. The van der Waals surface area contributed by atoms with Gasteiger partial charge in [0.25, 0.3) is 0 Å². The maximum atomic E-state index is 11.4. The molecule has 0 bridgehead atoms. The number of nitrogens with two attached hydrogens (primary N) is 1. The molecule has 0 saturated heterocycles. The maximum Gasteiger partial charge on any atom is 0.229 e. The first-order chi connectivity index (χ1) is 5.72. The summed E-state index contributed by atoms with van der Waals surface area (Å²) in [5.41, 5.74) is 5.39. The fraction of sp³-hybridized carbons (Fsp3) is 0.778. The van der Waals surface area contributed by atoms with Crippen LogP contribution in [0.3, 0.4) is 0 Å². The molecule has 4 heteroatoms. The van der Waals surface area contributed by atoms with E-state index in [2.05, 4.69) is 33.0 Å². The molecule has 1 amide bonds. The van der Waals surface area contributed by atoms with Gasteiger partial charge in [0.1, 0.15) is 0 Å². The van der Waals surface area contributed by atoms with Crippen LogP contribution in [0.1, 0.15) is 27.2 Å². The Morgan fingerprint density at radius 1 is 1.46 bits per heavy atom. The van der Waals surface area contributed by atoms with Crippen LogP contribution in [0.5, 0.6) is 0 Å². The molecule has 0 aliphatic rings. The molecule has 0 spiro atoms. The van der Waals surface area contributed by atoms with E-state index in [1.54, 1.807) is 11.9 Å². The Balaban J connectivity index is 4.04. The second kappa shape index (κ2) is 4.56. The number of amides is 1. The highest BCUT2D eigenvalue weighted by Crippen LogP contribution is 2.14. The molecular weight excluding hydrogens is 184 g/mol. The minimum atomic E-state index is -0.0116. The van der Waals surface area contributed by atoms with Crippen LogP contribution in [0.15, 0.2) is 0 Å². The lowest BCUT2D eigenvalue weighted by Gasteiger charge is -2.26. The van der Waals surface area contributed by atoms with Gasteiger partial charge in [-0.15, -0.1) is 0 Å². The van der Waals surface area contributed by atoms with E-state index in [0.29, 0.717) is 6.54 Å². The molecule has 2 N–H and O–H groups in total. The summed E-state index contributed by atoms with van der Waals surface area (Å²) in [6.07, 6.45) is 0.169. The summed E-state index contributed by atoms with van der Waals surface area (Å²) in [6.45, 7) is 6.96. The number of carbonyl (C=O) groups is 1. The van der Waals surface area contributed by atoms with E-state index in [0.717, 1.165) is 0 Å². The lowest BCUT2D eigenvalue weighted by atomic mass is 9.96. The Kier molecular flexibility index (Phi) is 4.33. The summed E-state index contributed by atoms with van der Waals surface area (Å²) in [5, 5.41) is 0. The van der Waals surface area contributed by atoms with Crippen molar-refractivity contribution in [2.45, 2.75) is 27.2 Å². The Morgan fingerprint density at radius 2 is 1.92 bits per heavy atom. The third-order valence-corrected chi connectivity index (χ3v) is 1.61. The Morgan fingerprint density at radius 3 is 2.23 bits per heavy atom. The molecule has 0 saturated carbocycles. The highest BCUT2D eigenvalue weighted by molar-refractivity contribution is 7.80. The van der Waals surface area contributed by atoms with Crippen molar-refractivity contribution >= 4 is 23.1 Å². The van der Waals surface area contributed by atoms with Crippen molar-refractivity contribution in [2.24, 2.45) is 11.1 Å². The normalized spacial score (nSPS) is 11.1. The molecule has 0 aromatic rings. The summed E-state index contributed by atoms with van der Waals surface area (Å²) >= 11 is 4.66. The van der Waals surface area contributed by atoms with Crippen LogP contribution >= 0.6 is 12.2 Å². The predicted molar refractivity (Wildman–Crippen MR) is 58.5 cm³/mol. The minimum absolute atomic E-state index is 0.0116. The number of carbonyl (C=O) groups excluding carboxylic acids is 1. The van der Waals surface area contributed by atoms with Crippen LogP contribution in [0, 0.1) is 5.41 Å². The first-order valence-corrected chi connectivity index (χ1v) is 4.65. The maximum absolute atomic E-state index is 11.4. The molecule has 0 unspecified atom stereocenters. The zero-order valence-electron chi connectivity index (χ0n) is 8.76. The third kappa shape index (κ3) is 6.51. The van der Waals surface area contributed by atoms with Gasteiger partial charge in [-0.1, -0.05) is 33.0 Å². The number of hydrogen-bond acceptors (Lipinski definition) is 2. The van der Waals surface area contributed by atoms with Crippen molar-refractivity contribution in [3.63, 3.8) is 0 Å². The van der Waals surface area contributed by atoms with Crippen molar-refractivity contribution in [3.05, 3.63) is 0 Å². The zero-order valence-corrected chi connectivity index (χ0v) is 9.57. The number of thiocarbonyl (C=S) groups is 1. The van der Waals surface area contributed by atoms with Crippen LogP contribution in [0.4, 0.5) is 0 Å². The lowest BCUT2D eigenvalue weighted by molar-refractivity contribution is -0.129. The Hall–Kier alpha value is -0.640. The van der Waals surface area contributed by atoms with Gasteiger partial charge in [0, 0.05) is 13.6 Å². The van der Waals surface area contributed by atoms with Crippen molar-refractivity contribution in [1.29, 1.82) is 0 Å². The lowest BCUT2D eigenvalue weighted by Crippen LogP contribution is -2.36. The van der Waals surface area contributed by atoms with Crippen molar-refractivity contribution < 1.29 is 4.79 Å². The second-order valence-electron chi connectivity index (χ2n) is 4.45. The van der Waals surface area contributed by atoms with E-state index in [4.69, 9.17) is 5.73 Å². The van der Waals surface area contributed by atoms with E-state index < -0.39 is 0 Å². The topological polar surface area (TPSA) is 46.3 Å². The van der Waals surface area contributed by atoms with Crippen molar-refractivity contribution in [1.82, 2.24) is 4.90 Å². The average Bonchev–Trinajstić information content (AvgIpc) is 1.81. The third-order valence-electron chi connectivity index (χ3n) is 1.46. The summed E-state index contributed by atoms with van der Waals surface area (Å²) in [6, 6.07) is 0. The van der Waals surface area contributed by atoms with Crippen molar-refractivity contribution in [3.8, 4) is 0 Å². The smallest absolute Gasteiger partial charge is 0.229 e. The zero-order chi connectivity index (χ0) is 10.6. The van der Waals surface area contributed by atoms with Crippen LogP contribution in [0.25, 0.3) is 0 Å². The highest BCUT2D eigenvalue weighted by Gasteiger charge is 2.17. The Labute approximate surface area is 85.3 Å². The Bertz CT molecular complexity index is 208. The van der Waals surface area contributed by atoms with Crippen LogP contribution in [0.2, 0.25) is 0 Å². The van der Waals surface area contributed by atoms with E-state index in [1.165, 1.54) is 0 Å². The first-order valence-electron chi connectivity index (χ1n) is 4.24. The molecule has 13 heavy (non-hydrogen) atoms. The summed E-state index contributed by atoms with van der Waals surface area (Å²) in [5.74, 6) is -0.0116. The van der Waals surface area contributed by atoms with Gasteiger partial charge in [0.05, 0.1) is 11.4 Å². The van der Waals surface area contributed by atoms with Crippen LogP contribution in [-0.2, 0) is 4.79 Å². The van der Waals surface area contributed by atoms with Gasteiger partial charge in [-0.05, 0) is 5.41 Å². The van der Waals surface area contributed by atoms with E-state index in [-0.39, 0.29) is 22.7 Å². The molecule has 0 aliphatic heterocycles. The highest BCUT2D eigenvalue weighted by atomic mass is 32.1. The number of rotatable bonds is 3. The molecule has 0 heterocycles. The SMILES string of the molecule is CN(CC(C)(C)C)C(=O)CC(N)=S. The van der Waals surface area contributed by atoms with Gasteiger partial charge < -0.3 is 10.6 Å². The average molecular weight is 202 g/mol. The molecule has 0 fully saturated rings. The molecule has 0 rings (SSSR count). The van der Waals surface area contributed by atoms with Crippen LogP contribution in [-0.4, -0.2) is 29.4 Å². The molecule has 0 radical (unpaired) electrons. The standard InChI is InChI=1S/C9H18N2OS/c1-9(2,3)6-11(4)8(12)5-7(10)13/h5-6H2,1-4H3,(H2,10,13). The van der Waals surface area contributed by atoms with Gasteiger partial charge in [-0.25, -0.2) is 0 Å². The van der Waals surface area contributed by atoms with Gasteiger partial charge in [0.15, 0.2) is 0 Å². The van der Waals surface area contributed by atoms with Crippen LogP contribution < -0.4 is 5.73 Å². The van der Waals surface area contributed by atoms with E-state index in [9.17, 15) is 4.79 Å². The molecule has 76 valence electrons. The second-order valence-corrected chi connectivity index (χ2v) is 4.98. The monoisotopic (exact) mass is 202 g/mol. The van der Waals surface area contributed by atoms with Gasteiger partial charge in [0.2, 0.25) is 5.91 Å². The fourth-order valence-electron chi connectivity index (χ4n) is 1.08. The van der Waals surface area contributed by atoms with Crippen molar-refractivity contribution in [2.75, 3.05) is 13.6 Å². The van der Waals surface area contributed by atoms with Gasteiger partial charge >= 0.3 is 0 Å². The van der Waals surface area contributed by atoms with Gasteiger partial charge in [-0.2, -0.15) is 0 Å². The van der Waals surface area contributed by atoms with E-state index >= 15 is 0 Å². The molecule has 0 aromatic carbocycles. The van der Waals surface area contributed by atoms with E-state index in [1.807, 2.05) is 0 Å². The quantitative estimate of drug-likeness (QED) is 0.699. The minimum Gasteiger partial charge on any atom is -0.393 e. The first kappa shape index (κ1) is 12.4. The number of nitrogens with zero attached hydrogens (tertiary/aromatic N) is 1. The molecule has 0 atom stereocenters. The molecular formula is C9H18N2OS. The van der Waals surface area contributed by atoms with Gasteiger partial charge in [-0.3, -0.25) is 4.79 Å². The largest absolute Gasteiger partial charge is 0.393 e. The molecule has 3 nitrogen and oxygen atoms in total. The predicted octanol–water partition coefficient (Wildman–Crippen LogP) is 1.17. The molecule has 0 aromatic heterocycles. The summed E-state index contributed by atoms with van der Waals surface area (Å²) in [7, 11) is 1.77. The fourth-order valence-corrected chi connectivity index (χ4v) is 1.21.